The van der Waals surface area contributed by atoms with Crippen molar-refractivity contribution in [3.8, 4) is 0 Å². The molecule has 0 saturated carbocycles. The Kier molecular flexibility index (Phi) is 4.11. The van der Waals surface area contributed by atoms with Crippen molar-refractivity contribution in [1.82, 2.24) is 4.31 Å². The number of nitrogens with zero attached hydrogens (tertiary/aromatic N) is 4. The molecule has 0 aliphatic carbocycles. The molecule has 17 heavy (non-hydrogen) atoms. The number of azide groups is 1. The summed E-state index contributed by atoms with van der Waals surface area (Å²) >= 11 is 0. The smallest absolute Gasteiger partial charge is 0.207 e. The molecular formula is C10H14N4O2S. The molecule has 1 rings (SSSR count). The lowest BCUT2D eigenvalue weighted by Gasteiger charge is -2.12. The van der Waals surface area contributed by atoms with Crippen LogP contribution in [0.25, 0.3) is 10.4 Å². The average Bonchev–Trinajstić information content (AvgIpc) is 2.29. The summed E-state index contributed by atoms with van der Waals surface area (Å²) < 4.78 is 24.7. The highest BCUT2D eigenvalue weighted by atomic mass is 32.2. The highest BCUT2D eigenvalue weighted by Gasteiger charge is 2.16. The third kappa shape index (κ3) is 2.97. The minimum Gasteiger partial charge on any atom is -0.207 e. The van der Waals surface area contributed by atoms with Gasteiger partial charge in [-0.15, -0.1) is 0 Å². The van der Waals surface area contributed by atoms with Gasteiger partial charge in [0.25, 0.3) is 0 Å². The molecule has 0 spiro atoms. The molecule has 1 atom stereocenters. The minimum atomic E-state index is -3.40. The molecule has 0 bridgehead atoms. The van der Waals surface area contributed by atoms with Crippen LogP contribution in [0, 0.1) is 0 Å². The van der Waals surface area contributed by atoms with Crippen molar-refractivity contribution in [3.63, 3.8) is 0 Å². The van der Waals surface area contributed by atoms with E-state index in [2.05, 4.69) is 10.0 Å². The van der Waals surface area contributed by atoms with Gasteiger partial charge in [0.2, 0.25) is 10.0 Å². The van der Waals surface area contributed by atoms with Crippen LogP contribution in [0.1, 0.15) is 18.5 Å². The monoisotopic (exact) mass is 254 g/mol. The van der Waals surface area contributed by atoms with Crippen LogP contribution in [0.4, 0.5) is 0 Å². The van der Waals surface area contributed by atoms with Gasteiger partial charge in [-0.25, -0.2) is 12.7 Å². The van der Waals surface area contributed by atoms with Gasteiger partial charge in [-0.3, -0.25) is 0 Å². The zero-order valence-corrected chi connectivity index (χ0v) is 10.7. The molecule has 0 aliphatic rings. The second kappa shape index (κ2) is 5.18. The Morgan fingerprint density at radius 1 is 1.29 bits per heavy atom. The molecule has 0 N–H and O–H groups in total. The maximum absolute atomic E-state index is 11.8. The lowest BCUT2D eigenvalue weighted by atomic mass is 10.1. The number of sulfonamides is 1. The third-order valence-corrected chi connectivity index (χ3v) is 4.20. The summed E-state index contributed by atoms with van der Waals surface area (Å²) in [6.07, 6.45) is 0. The fourth-order valence-corrected chi connectivity index (χ4v) is 2.17. The number of hydrogen-bond donors (Lipinski definition) is 0. The van der Waals surface area contributed by atoms with E-state index in [1.807, 2.05) is 0 Å². The van der Waals surface area contributed by atoms with Crippen molar-refractivity contribution in [1.29, 1.82) is 0 Å². The van der Waals surface area contributed by atoms with Gasteiger partial charge in [-0.2, -0.15) is 0 Å². The van der Waals surface area contributed by atoms with Crippen molar-refractivity contribution in [2.45, 2.75) is 17.9 Å². The number of benzene rings is 1. The molecule has 0 aromatic heterocycles. The summed E-state index contributed by atoms with van der Waals surface area (Å²) in [6, 6.07) is 6.00. The first-order valence-electron chi connectivity index (χ1n) is 4.96. The molecule has 92 valence electrons. The molecule has 7 heteroatoms. The summed E-state index contributed by atoms with van der Waals surface area (Å²) in [5, 5.41) is 3.54. The van der Waals surface area contributed by atoms with Crippen molar-refractivity contribution in [3.05, 3.63) is 40.3 Å². The van der Waals surface area contributed by atoms with Crippen LogP contribution < -0.4 is 0 Å². The van der Waals surface area contributed by atoms with Gasteiger partial charge in [0, 0.05) is 19.0 Å². The summed E-state index contributed by atoms with van der Waals surface area (Å²) in [5.41, 5.74) is 9.09. The van der Waals surface area contributed by atoms with Gasteiger partial charge in [0.05, 0.1) is 10.9 Å². The van der Waals surface area contributed by atoms with Crippen molar-refractivity contribution in [2.75, 3.05) is 14.1 Å². The average molecular weight is 254 g/mol. The van der Waals surface area contributed by atoms with Gasteiger partial charge in [0.15, 0.2) is 0 Å². The van der Waals surface area contributed by atoms with Gasteiger partial charge in [-0.05, 0) is 23.2 Å². The van der Waals surface area contributed by atoms with E-state index in [9.17, 15) is 8.42 Å². The molecule has 0 radical (unpaired) electrons. The summed E-state index contributed by atoms with van der Waals surface area (Å²) in [6.45, 7) is 1.75. The minimum absolute atomic E-state index is 0.222. The molecule has 6 nitrogen and oxygen atoms in total. The van der Waals surface area contributed by atoms with Crippen LogP contribution in [-0.2, 0) is 10.0 Å². The van der Waals surface area contributed by atoms with Crippen LogP contribution in [0.5, 0.6) is 0 Å². The maximum atomic E-state index is 11.8. The first kappa shape index (κ1) is 13.5. The van der Waals surface area contributed by atoms with Crippen LogP contribution >= 0.6 is 0 Å². The standard InChI is InChI=1S/C10H14N4O2S/c1-8(12-13-11)9-4-6-10(7-5-9)17(15,16)14(2)3/h4-8H,1-3H3/t8-/m1/s1. The van der Waals surface area contributed by atoms with E-state index in [0.29, 0.717) is 0 Å². The molecular weight excluding hydrogens is 240 g/mol. The Balaban J connectivity index is 3.08. The van der Waals surface area contributed by atoms with E-state index >= 15 is 0 Å². The lowest BCUT2D eigenvalue weighted by molar-refractivity contribution is 0.520. The molecule has 0 aliphatic heterocycles. The maximum Gasteiger partial charge on any atom is 0.242 e. The molecule has 1 aromatic carbocycles. The number of rotatable bonds is 4. The fourth-order valence-electron chi connectivity index (χ4n) is 1.27. The Morgan fingerprint density at radius 3 is 2.24 bits per heavy atom. The van der Waals surface area contributed by atoms with E-state index in [0.717, 1.165) is 9.87 Å². The molecule has 1 aromatic rings. The second-order valence-corrected chi connectivity index (χ2v) is 5.89. The van der Waals surface area contributed by atoms with Gasteiger partial charge >= 0.3 is 0 Å². The highest BCUT2D eigenvalue weighted by molar-refractivity contribution is 7.89. The first-order valence-corrected chi connectivity index (χ1v) is 6.40. The van der Waals surface area contributed by atoms with E-state index in [1.165, 1.54) is 26.2 Å². The summed E-state index contributed by atoms with van der Waals surface area (Å²) in [4.78, 5) is 2.93. The second-order valence-electron chi connectivity index (χ2n) is 3.74. The largest absolute Gasteiger partial charge is 0.242 e. The summed E-state index contributed by atoms with van der Waals surface area (Å²) in [5.74, 6) is 0. The molecule has 0 amide bonds. The van der Waals surface area contributed by atoms with E-state index in [4.69, 9.17) is 5.53 Å². The predicted molar refractivity (Wildman–Crippen MR) is 64.9 cm³/mol. The van der Waals surface area contributed by atoms with E-state index in [-0.39, 0.29) is 10.9 Å². The fraction of sp³-hybridized carbons (Fsp3) is 0.400. The van der Waals surface area contributed by atoms with Crippen molar-refractivity contribution < 1.29 is 8.42 Å². The molecule has 0 saturated heterocycles. The molecule has 0 heterocycles. The Labute approximate surface area is 101 Å². The van der Waals surface area contributed by atoms with E-state index < -0.39 is 10.0 Å². The Morgan fingerprint density at radius 2 is 1.82 bits per heavy atom. The zero-order valence-electron chi connectivity index (χ0n) is 9.90. The van der Waals surface area contributed by atoms with Crippen LogP contribution in [0.2, 0.25) is 0 Å². The molecule has 0 fully saturated rings. The third-order valence-electron chi connectivity index (χ3n) is 2.37. The lowest BCUT2D eigenvalue weighted by Crippen LogP contribution is -2.22. The summed E-state index contributed by atoms with van der Waals surface area (Å²) in [7, 11) is -0.446. The van der Waals surface area contributed by atoms with Crippen molar-refractivity contribution >= 4 is 10.0 Å². The van der Waals surface area contributed by atoms with Crippen LogP contribution in [0.3, 0.4) is 0 Å². The Bertz CT molecular complexity index is 530. The van der Waals surface area contributed by atoms with Gasteiger partial charge in [-0.1, -0.05) is 24.2 Å². The topological polar surface area (TPSA) is 86.1 Å². The first-order chi connectivity index (χ1) is 7.89. The van der Waals surface area contributed by atoms with Gasteiger partial charge < -0.3 is 0 Å². The van der Waals surface area contributed by atoms with Gasteiger partial charge in [0.1, 0.15) is 0 Å². The SMILES string of the molecule is C[C@@H](N=[N+]=[N-])c1ccc(S(=O)(=O)N(C)C)cc1. The Hall–Kier alpha value is -1.56. The van der Waals surface area contributed by atoms with Crippen LogP contribution in [0.15, 0.2) is 34.3 Å². The van der Waals surface area contributed by atoms with Crippen LogP contribution in [-0.4, -0.2) is 26.8 Å². The van der Waals surface area contributed by atoms with E-state index in [1.54, 1.807) is 19.1 Å². The quantitative estimate of drug-likeness (QED) is 0.469. The number of hydrogen-bond acceptors (Lipinski definition) is 3. The predicted octanol–water partition coefficient (Wildman–Crippen LogP) is 2.31. The van der Waals surface area contributed by atoms with Crippen molar-refractivity contribution in [2.24, 2.45) is 5.11 Å². The zero-order chi connectivity index (χ0) is 13.1. The normalized spacial score (nSPS) is 13.2. The molecule has 0 unspecified atom stereocenters. The highest BCUT2D eigenvalue weighted by Crippen LogP contribution is 2.20.